The van der Waals surface area contributed by atoms with Crippen LogP contribution >= 0.6 is 0 Å². The molecule has 8 nitrogen and oxygen atoms in total. The second kappa shape index (κ2) is 4.96. The van der Waals surface area contributed by atoms with Crippen molar-refractivity contribution in [2.24, 2.45) is 5.92 Å². The minimum Gasteiger partial charge on any atom is -0.396 e. The fourth-order valence-electron chi connectivity index (χ4n) is 2.79. The van der Waals surface area contributed by atoms with Crippen molar-refractivity contribution in [3.05, 3.63) is 22.5 Å². The van der Waals surface area contributed by atoms with Crippen LogP contribution in [-0.2, 0) is 0 Å². The maximum absolute atomic E-state index is 11.8. The van der Waals surface area contributed by atoms with Crippen molar-refractivity contribution in [2.75, 3.05) is 6.61 Å². The molecule has 0 amide bonds. The maximum atomic E-state index is 11.8. The molecule has 8 heteroatoms. The summed E-state index contributed by atoms with van der Waals surface area (Å²) in [6.07, 6.45) is 4.86. The summed E-state index contributed by atoms with van der Waals surface area (Å²) in [7, 11) is 0. The number of aliphatic hydroxyl groups excluding tert-OH is 3. The smallest absolute Gasteiger partial charge is 0.279 e. The van der Waals surface area contributed by atoms with Gasteiger partial charge < -0.3 is 19.9 Å². The molecule has 0 bridgehead atoms. The van der Waals surface area contributed by atoms with Crippen molar-refractivity contribution in [1.82, 2.24) is 19.5 Å². The molecule has 1 saturated carbocycles. The summed E-state index contributed by atoms with van der Waals surface area (Å²) in [5.74, 6) is 1.88. The van der Waals surface area contributed by atoms with Gasteiger partial charge in [-0.25, -0.2) is 9.97 Å². The van der Waals surface area contributed by atoms with E-state index >= 15 is 0 Å². The van der Waals surface area contributed by atoms with Crippen molar-refractivity contribution < 1.29 is 15.3 Å². The van der Waals surface area contributed by atoms with Crippen molar-refractivity contribution in [3.63, 3.8) is 0 Å². The Kier molecular flexibility index (Phi) is 3.25. The molecule has 0 radical (unpaired) electrons. The van der Waals surface area contributed by atoms with Crippen LogP contribution in [-0.4, -0.2) is 53.7 Å². The SMILES string of the molecule is C#Cc1nc2c(ncn2[C@@H]2C[C@H](CO)[C@@H](O)[C@H]2O)c(=O)[nH]1. The number of nitrogens with zero attached hydrogens (tertiary/aromatic N) is 3. The topological polar surface area (TPSA) is 124 Å². The van der Waals surface area contributed by atoms with E-state index in [1.54, 1.807) is 0 Å². The lowest BCUT2D eigenvalue weighted by molar-refractivity contribution is -0.00370. The summed E-state index contributed by atoms with van der Waals surface area (Å²) in [4.78, 5) is 22.4. The molecule has 3 rings (SSSR count). The summed E-state index contributed by atoms with van der Waals surface area (Å²) in [5, 5.41) is 29.2. The van der Waals surface area contributed by atoms with Crippen molar-refractivity contribution in [2.45, 2.75) is 24.7 Å². The Bertz CT molecular complexity index is 775. The van der Waals surface area contributed by atoms with Gasteiger partial charge in [-0.15, -0.1) is 6.42 Å². The highest BCUT2D eigenvalue weighted by atomic mass is 16.3. The molecule has 2 aromatic rings. The zero-order valence-corrected chi connectivity index (χ0v) is 11.0. The molecule has 2 heterocycles. The lowest BCUT2D eigenvalue weighted by Gasteiger charge is -2.18. The number of imidazole rings is 1. The highest BCUT2D eigenvalue weighted by Crippen LogP contribution is 2.36. The van der Waals surface area contributed by atoms with Crippen LogP contribution in [0.3, 0.4) is 0 Å². The van der Waals surface area contributed by atoms with E-state index in [1.165, 1.54) is 10.9 Å². The van der Waals surface area contributed by atoms with E-state index < -0.39 is 29.7 Å². The first-order chi connectivity index (χ1) is 10.1. The number of H-pyrrole nitrogens is 1. The van der Waals surface area contributed by atoms with Crippen LogP contribution in [0.15, 0.2) is 11.1 Å². The Morgan fingerprint density at radius 1 is 1.48 bits per heavy atom. The number of aromatic amines is 1. The van der Waals surface area contributed by atoms with Gasteiger partial charge in [0.25, 0.3) is 5.56 Å². The molecule has 4 atom stereocenters. The zero-order valence-electron chi connectivity index (χ0n) is 11.0. The van der Waals surface area contributed by atoms with E-state index in [0.29, 0.717) is 6.42 Å². The summed E-state index contributed by atoms with van der Waals surface area (Å²) in [5.41, 5.74) is -0.0943. The third kappa shape index (κ3) is 2.03. The molecule has 4 N–H and O–H groups in total. The molecule has 1 aliphatic carbocycles. The van der Waals surface area contributed by atoms with E-state index in [1.807, 2.05) is 0 Å². The number of rotatable bonds is 2. The third-order valence-corrected chi connectivity index (χ3v) is 3.93. The molecule has 0 spiro atoms. The monoisotopic (exact) mass is 290 g/mol. The van der Waals surface area contributed by atoms with Gasteiger partial charge in [-0.3, -0.25) is 9.78 Å². The lowest BCUT2D eigenvalue weighted by atomic mass is 10.1. The van der Waals surface area contributed by atoms with Gasteiger partial charge >= 0.3 is 0 Å². The average Bonchev–Trinajstić information content (AvgIpc) is 3.02. The summed E-state index contributed by atoms with van der Waals surface area (Å²) >= 11 is 0. The first-order valence-electron chi connectivity index (χ1n) is 6.47. The van der Waals surface area contributed by atoms with Crippen molar-refractivity contribution >= 4 is 11.2 Å². The third-order valence-electron chi connectivity index (χ3n) is 3.93. The quantitative estimate of drug-likeness (QED) is 0.493. The van der Waals surface area contributed by atoms with Gasteiger partial charge in [0.2, 0.25) is 0 Å². The molecule has 1 aliphatic rings. The molecular formula is C13H14N4O4. The standard InChI is InChI=1S/C13H14N4O4/c1-2-8-15-12-9(13(21)16-8)14-5-17(12)7-3-6(4-18)10(19)11(7)20/h1,5-7,10-11,18-20H,3-4H2,(H,15,16,21)/t6-,7-,10-,11+/m1/s1. The van der Waals surface area contributed by atoms with Gasteiger partial charge in [-0.05, 0) is 12.3 Å². The van der Waals surface area contributed by atoms with Gasteiger partial charge in [0.1, 0.15) is 6.10 Å². The molecule has 0 aliphatic heterocycles. The van der Waals surface area contributed by atoms with Gasteiger partial charge in [0.05, 0.1) is 18.5 Å². The number of hydrogen-bond donors (Lipinski definition) is 4. The molecule has 1 fully saturated rings. The second-order valence-electron chi connectivity index (χ2n) is 5.11. The fourth-order valence-corrected chi connectivity index (χ4v) is 2.79. The summed E-state index contributed by atoms with van der Waals surface area (Å²) < 4.78 is 1.52. The minimum absolute atomic E-state index is 0.0704. The number of fused-ring (bicyclic) bond motifs is 1. The fraction of sp³-hybridized carbons (Fsp3) is 0.462. The zero-order chi connectivity index (χ0) is 15.1. The maximum Gasteiger partial charge on any atom is 0.279 e. The molecule has 0 aromatic carbocycles. The number of hydrogen-bond acceptors (Lipinski definition) is 6. The van der Waals surface area contributed by atoms with Crippen LogP contribution in [0.1, 0.15) is 18.3 Å². The Morgan fingerprint density at radius 3 is 2.86 bits per heavy atom. The van der Waals surface area contributed by atoms with Gasteiger partial charge in [0.15, 0.2) is 17.0 Å². The first kappa shape index (κ1) is 13.8. The van der Waals surface area contributed by atoms with E-state index in [2.05, 4.69) is 20.9 Å². The van der Waals surface area contributed by atoms with Crippen LogP contribution in [0.2, 0.25) is 0 Å². The molecule has 0 saturated heterocycles. The highest BCUT2D eigenvalue weighted by molar-refractivity contribution is 5.70. The van der Waals surface area contributed by atoms with E-state index in [9.17, 15) is 20.1 Å². The van der Waals surface area contributed by atoms with Crippen LogP contribution in [0.4, 0.5) is 0 Å². The highest BCUT2D eigenvalue weighted by Gasteiger charge is 2.42. The first-order valence-corrected chi connectivity index (χ1v) is 6.47. The Balaban J connectivity index is 2.12. The number of terminal acetylenes is 1. The Hall–Kier alpha value is -2.21. The second-order valence-corrected chi connectivity index (χ2v) is 5.11. The Labute approximate surface area is 119 Å². The average molecular weight is 290 g/mol. The van der Waals surface area contributed by atoms with E-state index in [4.69, 9.17) is 6.42 Å². The van der Waals surface area contributed by atoms with Gasteiger partial charge in [-0.2, -0.15) is 0 Å². The van der Waals surface area contributed by atoms with Crippen LogP contribution in [0, 0.1) is 18.3 Å². The lowest BCUT2D eigenvalue weighted by Crippen LogP contribution is -2.30. The van der Waals surface area contributed by atoms with Crippen LogP contribution in [0.25, 0.3) is 11.2 Å². The molecule has 110 valence electrons. The normalized spacial score (nSPS) is 28.9. The minimum atomic E-state index is -1.07. The predicted octanol–water partition coefficient (Wildman–Crippen LogP) is -1.62. The summed E-state index contributed by atoms with van der Waals surface area (Å²) in [6.45, 7) is -0.231. The van der Waals surface area contributed by atoms with E-state index in [0.717, 1.165) is 0 Å². The Morgan fingerprint density at radius 2 is 2.24 bits per heavy atom. The number of aliphatic hydroxyl groups is 3. The van der Waals surface area contributed by atoms with Crippen LogP contribution < -0.4 is 5.56 Å². The van der Waals surface area contributed by atoms with Crippen molar-refractivity contribution in [3.8, 4) is 12.3 Å². The number of nitrogens with one attached hydrogen (secondary N) is 1. The summed E-state index contributed by atoms with van der Waals surface area (Å²) in [6, 6.07) is -0.526. The molecular weight excluding hydrogens is 276 g/mol. The molecule has 21 heavy (non-hydrogen) atoms. The molecule has 0 unspecified atom stereocenters. The predicted molar refractivity (Wildman–Crippen MR) is 72.3 cm³/mol. The van der Waals surface area contributed by atoms with E-state index in [-0.39, 0.29) is 23.6 Å². The van der Waals surface area contributed by atoms with Gasteiger partial charge in [-0.1, -0.05) is 0 Å². The van der Waals surface area contributed by atoms with Crippen LogP contribution in [0.5, 0.6) is 0 Å². The van der Waals surface area contributed by atoms with Crippen molar-refractivity contribution in [1.29, 1.82) is 0 Å². The largest absolute Gasteiger partial charge is 0.396 e. The molecule has 2 aromatic heterocycles. The number of aromatic nitrogens is 4. The van der Waals surface area contributed by atoms with Gasteiger partial charge in [0, 0.05) is 12.5 Å².